The van der Waals surface area contributed by atoms with Crippen molar-refractivity contribution in [3.63, 3.8) is 0 Å². The summed E-state index contributed by atoms with van der Waals surface area (Å²) in [6.07, 6.45) is 2.36. The molecular weight excluding hydrogens is 192 g/mol. The average molecular weight is 214 g/mol. The van der Waals surface area contributed by atoms with Crippen LogP contribution in [0.2, 0.25) is 0 Å². The topological polar surface area (TPSA) is 52.6 Å². The Kier molecular flexibility index (Phi) is 5.05. The largest absolute Gasteiger partial charge is 0.480 e. The maximum atomic E-state index is 10.4. The number of piperidine rings is 1. The van der Waals surface area contributed by atoms with E-state index in [0.717, 1.165) is 19.6 Å². The predicted octanol–water partition coefficient (Wildman–Crippen LogP) is 0.781. The molecule has 0 radical (unpaired) electrons. The summed E-state index contributed by atoms with van der Waals surface area (Å²) in [5.74, 6) is -0.139. The number of likely N-dealkylation sites (tertiary alicyclic amines) is 1. The zero-order chi connectivity index (χ0) is 11.3. The number of hydrogen-bond donors (Lipinski definition) is 2. The molecule has 1 fully saturated rings. The lowest BCUT2D eigenvalue weighted by Gasteiger charge is -2.34. The van der Waals surface area contributed by atoms with E-state index in [1.165, 1.54) is 12.8 Å². The quantitative estimate of drug-likeness (QED) is 0.710. The number of carboxylic acids is 1. The van der Waals surface area contributed by atoms with E-state index in [-0.39, 0.29) is 6.54 Å². The smallest absolute Gasteiger partial charge is 0.317 e. The molecule has 1 atom stereocenters. The maximum Gasteiger partial charge on any atom is 0.317 e. The lowest BCUT2D eigenvalue weighted by molar-refractivity contribution is -0.136. The van der Waals surface area contributed by atoms with Crippen molar-refractivity contribution in [3.05, 3.63) is 0 Å². The summed E-state index contributed by atoms with van der Waals surface area (Å²) in [6, 6.07) is 0.320. The molecule has 0 saturated carbocycles. The molecule has 0 aromatic rings. The summed E-state index contributed by atoms with van der Waals surface area (Å²) in [6.45, 7) is 7.79. The zero-order valence-corrected chi connectivity index (χ0v) is 9.70. The van der Waals surface area contributed by atoms with Crippen molar-refractivity contribution in [1.29, 1.82) is 0 Å². The van der Waals surface area contributed by atoms with Gasteiger partial charge in [0.1, 0.15) is 0 Å². The number of nitrogens with zero attached hydrogens (tertiary/aromatic N) is 1. The van der Waals surface area contributed by atoms with Crippen molar-refractivity contribution >= 4 is 5.97 Å². The highest BCUT2D eigenvalue weighted by atomic mass is 16.4. The van der Waals surface area contributed by atoms with Crippen molar-refractivity contribution in [3.8, 4) is 0 Å². The summed E-state index contributed by atoms with van der Waals surface area (Å²) in [4.78, 5) is 12.9. The van der Waals surface area contributed by atoms with E-state index >= 15 is 0 Å². The molecule has 0 aromatic carbocycles. The average Bonchev–Trinajstić information content (AvgIpc) is 2.26. The Morgan fingerprint density at radius 3 is 2.60 bits per heavy atom. The third-order valence-corrected chi connectivity index (χ3v) is 3.36. The van der Waals surface area contributed by atoms with Gasteiger partial charge < -0.3 is 15.3 Å². The van der Waals surface area contributed by atoms with Gasteiger partial charge in [-0.25, -0.2) is 0 Å². The number of rotatable bonds is 5. The number of hydrogen-bond acceptors (Lipinski definition) is 3. The highest BCUT2D eigenvalue weighted by Gasteiger charge is 2.22. The fraction of sp³-hybridized carbons (Fsp3) is 0.909. The first-order valence-electron chi connectivity index (χ1n) is 5.81. The first-order chi connectivity index (χ1) is 7.13. The van der Waals surface area contributed by atoms with Gasteiger partial charge in [0.15, 0.2) is 0 Å². The van der Waals surface area contributed by atoms with Crippen LogP contribution in [0.5, 0.6) is 0 Å². The second-order valence-corrected chi connectivity index (χ2v) is 4.34. The van der Waals surface area contributed by atoms with E-state index < -0.39 is 5.97 Å². The third-order valence-electron chi connectivity index (χ3n) is 3.36. The van der Waals surface area contributed by atoms with Gasteiger partial charge in [0, 0.05) is 6.04 Å². The first kappa shape index (κ1) is 12.5. The highest BCUT2D eigenvalue weighted by molar-refractivity contribution is 5.69. The minimum Gasteiger partial charge on any atom is -0.480 e. The van der Waals surface area contributed by atoms with Crippen LogP contribution in [0.3, 0.4) is 0 Å². The van der Waals surface area contributed by atoms with E-state index in [4.69, 9.17) is 5.11 Å². The van der Waals surface area contributed by atoms with E-state index in [0.29, 0.717) is 12.0 Å². The van der Waals surface area contributed by atoms with Crippen LogP contribution in [0.1, 0.15) is 26.7 Å². The molecule has 1 aliphatic rings. The van der Waals surface area contributed by atoms with Gasteiger partial charge in [-0.1, -0.05) is 6.92 Å². The Morgan fingerprint density at radius 1 is 1.53 bits per heavy atom. The van der Waals surface area contributed by atoms with Gasteiger partial charge in [0.05, 0.1) is 6.54 Å². The Morgan fingerprint density at radius 2 is 2.13 bits per heavy atom. The summed E-state index contributed by atoms with van der Waals surface area (Å²) < 4.78 is 0. The minimum atomic E-state index is -0.771. The molecule has 4 heteroatoms. The summed E-state index contributed by atoms with van der Waals surface area (Å²) in [7, 11) is 0. The molecule has 2 N–H and O–H groups in total. The van der Waals surface area contributed by atoms with Crippen molar-refractivity contribution < 1.29 is 9.90 Å². The van der Waals surface area contributed by atoms with Gasteiger partial charge in [-0.15, -0.1) is 0 Å². The molecule has 0 aliphatic carbocycles. The predicted molar refractivity (Wildman–Crippen MR) is 59.9 cm³/mol. The second-order valence-electron chi connectivity index (χ2n) is 4.34. The van der Waals surface area contributed by atoms with Gasteiger partial charge in [-0.3, -0.25) is 4.79 Å². The Balaban J connectivity index is 2.23. The van der Waals surface area contributed by atoms with Crippen LogP contribution < -0.4 is 5.32 Å². The van der Waals surface area contributed by atoms with Crippen LogP contribution in [-0.2, 0) is 4.79 Å². The molecule has 1 rings (SSSR count). The monoisotopic (exact) mass is 214 g/mol. The molecule has 4 nitrogen and oxygen atoms in total. The number of nitrogens with one attached hydrogen (secondary N) is 1. The van der Waals surface area contributed by atoms with Gasteiger partial charge in [0.2, 0.25) is 0 Å². The van der Waals surface area contributed by atoms with Gasteiger partial charge in [-0.2, -0.15) is 0 Å². The normalized spacial score (nSPS) is 21.5. The molecule has 0 amide bonds. The van der Waals surface area contributed by atoms with Crippen LogP contribution >= 0.6 is 0 Å². The van der Waals surface area contributed by atoms with Crippen molar-refractivity contribution in [2.75, 3.05) is 26.2 Å². The van der Waals surface area contributed by atoms with Crippen LogP contribution in [0.15, 0.2) is 0 Å². The summed E-state index contributed by atoms with van der Waals surface area (Å²) in [5, 5.41) is 11.6. The molecular formula is C11H22N2O2. The van der Waals surface area contributed by atoms with Crippen molar-refractivity contribution in [2.45, 2.75) is 32.7 Å². The van der Waals surface area contributed by atoms with Crippen LogP contribution in [0.4, 0.5) is 0 Å². The van der Waals surface area contributed by atoms with E-state index in [9.17, 15) is 4.79 Å². The minimum absolute atomic E-state index is 0.0785. The third kappa shape index (κ3) is 4.18. The SMILES string of the molecule is CCN1CCC(C(C)NCC(=O)O)CC1. The summed E-state index contributed by atoms with van der Waals surface area (Å²) >= 11 is 0. The van der Waals surface area contributed by atoms with Gasteiger partial charge in [0.25, 0.3) is 0 Å². The molecule has 1 heterocycles. The summed E-state index contributed by atoms with van der Waals surface area (Å²) in [5.41, 5.74) is 0. The number of carbonyl (C=O) groups is 1. The lowest BCUT2D eigenvalue weighted by Crippen LogP contribution is -2.43. The standard InChI is InChI=1S/C11H22N2O2/c1-3-13-6-4-10(5-7-13)9(2)12-8-11(14)15/h9-10,12H,3-8H2,1-2H3,(H,14,15). The van der Waals surface area contributed by atoms with Crippen molar-refractivity contribution in [2.24, 2.45) is 5.92 Å². The van der Waals surface area contributed by atoms with E-state index in [1.54, 1.807) is 0 Å². The van der Waals surface area contributed by atoms with Gasteiger partial charge >= 0.3 is 5.97 Å². The molecule has 1 saturated heterocycles. The molecule has 0 aromatic heterocycles. The molecule has 88 valence electrons. The fourth-order valence-corrected chi connectivity index (χ4v) is 2.18. The Bertz CT molecular complexity index is 201. The Labute approximate surface area is 91.6 Å². The molecule has 0 spiro atoms. The maximum absolute atomic E-state index is 10.4. The molecule has 0 bridgehead atoms. The fourth-order valence-electron chi connectivity index (χ4n) is 2.18. The molecule has 1 unspecified atom stereocenters. The van der Waals surface area contributed by atoms with Crippen LogP contribution in [-0.4, -0.2) is 48.2 Å². The van der Waals surface area contributed by atoms with Crippen molar-refractivity contribution in [1.82, 2.24) is 10.2 Å². The number of aliphatic carboxylic acids is 1. The second kappa shape index (κ2) is 6.08. The van der Waals surface area contributed by atoms with E-state index in [2.05, 4.69) is 24.1 Å². The highest BCUT2D eigenvalue weighted by Crippen LogP contribution is 2.20. The van der Waals surface area contributed by atoms with Crippen LogP contribution in [0, 0.1) is 5.92 Å². The first-order valence-corrected chi connectivity index (χ1v) is 5.81. The number of carboxylic acid groups (broad SMARTS) is 1. The van der Waals surface area contributed by atoms with Crippen LogP contribution in [0.25, 0.3) is 0 Å². The molecule has 15 heavy (non-hydrogen) atoms. The zero-order valence-electron chi connectivity index (χ0n) is 9.70. The Hall–Kier alpha value is -0.610. The van der Waals surface area contributed by atoms with Gasteiger partial charge in [-0.05, 0) is 45.3 Å². The lowest BCUT2D eigenvalue weighted by atomic mass is 9.90. The van der Waals surface area contributed by atoms with E-state index in [1.807, 2.05) is 0 Å². The molecule has 1 aliphatic heterocycles.